The maximum absolute atomic E-state index is 11.3. The molecule has 1 aromatic rings. The first-order chi connectivity index (χ1) is 8.07. The molecule has 90 valence electrons. The Hall–Kier alpha value is -2.16. The van der Waals surface area contributed by atoms with E-state index in [0.29, 0.717) is 12.8 Å². The van der Waals surface area contributed by atoms with Gasteiger partial charge < -0.3 is 10.4 Å². The summed E-state index contributed by atoms with van der Waals surface area (Å²) < 4.78 is 0. The van der Waals surface area contributed by atoms with Crippen LogP contribution in [0.15, 0.2) is 12.3 Å². The molecule has 0 bridgehead atoms. The first kappa shape index (κ1) is 12.9. The highest BCUT2D eigenvalue weighted by Gasteiger charge is 2.35. The van der Waals surface area contributed by atoms with E-state index in [1.807, 2.05) is 6.07 Å². The molecule has 0 amide bonds. The van der Waals surface area contributed by atoms with E-state index >= 15 is 0 Å². The number of nitrogens with one attached hydrogen (secondary N) is 1. The van der Waals surface area contributed by atoms with Gasteiger partial charge in [0.15, 0.2) is 0 Å². The number of nitriles is 1. The van der Waals surface area contributed by atoms with Gasteiger partial charge in [-0.15, -0.1) is 0 Å². The van der Waals surface area contributed by atoms with E-state index < -0.39 is 11.5 Å². The van der Waals surface area contributed by atoms with Crippen LogP contribution in [0.4, 0.5) is 5.95 Å². The van der Waals surface area contributed by atoms with Crippen molar-refractivity contribution in [3.05, 3.63) is 18.0 Å². The molecule has 0 aliphatic carbocycles. The molecular weight excluding hydrogens is 220 g/mol. The third-order valence-electron chi connectivity index (χ3n) is 2.74. The van der Waals surface area contributed by atoms with Gasteiger partial charge in [-0.2, -0.15) is 5.26 Å². The van der Waals surface area contributed by atoms with Crippen molar-refractivity contribution in [1.29, 1.82) is 5.26 Å². The third kappa shape index (κ3) is 2.69. The van der Waals surface area contributed by atoms with Crippen LogP contribution in [0.3, 0.4) is 0 Å². The van der Waals surface area contributed by atoms with Crippen LogP contribution in [0.5, 0.6) is 0 Å². The Labute approximate surface area is 99.3 Å². The molecule has 0 radical (unpaired) electrons. The zero-order valence-corrected chi connectivity index (χ0v) is 9.77. The molecule has 1 aromatic heterocycles. The highest BCUT2D eigenvalue weighted by Crippen LogP contribution is 2.20. The number of nitrogens with zero attached hydrogens (tertiary/aromatic N) is 3. The molecule has 0 fully saturated rings. The summed E-state index contributed by atoms with van der Waals surface area (Å²) in [4.78, 5) is 19.1. The van der Waals surface area contributed by atoms with Crippen LogP contribution < -0.4 is 5.32 Å². The van der Waals surface area contributed by atoms with Gasteiger partial charge in [0.2, 0.25) is 5.95 Å². The molecule has 17 heavy (non-hydrogen) atoms. The lowest BCUT2D eigenvalue weighted by atomic mass is 9.93. The number of hydrogen-bond acceptors (Lipinski definition) is 5. The average molecular weight is 234 g/mol. The summed E-state index contributed by atoms with van der Waals surface area (Å²) >= 11 is 0. The van der Waals surface area contributed by atoms with Gasteiger partial charge in [-0.3, -0.25) is 0 Å². The summed E-state index contributed by atoms with van der Waals surface area (Å²) in [5.74, 6) is -0.788. The van der Waals surface area contributed by atoms with Gasteiger partial charge in [-0.05, 0) is 18.9 Å². The Balaban J connectivity index is 3.02. The van der Waals surface area contributed by atoms with Crippen molar-refractivity contribution in [2.45, 2.75) is 32.2 Å². The number of anilines is 1. The first-order valence-corrected chi connectivity index (χ1v) is 5.32. The molecule has 6 nitrogen and oxygen atoms in total. The lowest BCUT2D eigenvalue weighted by Gasteiger charge is -2.27. The van der Waals surface area contributed by atoms with E-state index in [9.17, 15) is 9.90 Å². The van der Waals surface area contributed by atoms with Gasteiger partial charge in [-0.25, -0.2) is 14.8 Å². The topological polar surface area (TPSA) is 98.9 Å². The molecule has 0 saturated carbocycles. The first-order valence-electron chi connectivity index (χ1n) is 5.32. The molecule has 0 atom stereocenters. The molecule has 0 spiro atoms. The predicted octanol–water partition coefficient (Wildman–Crippen LogP) is 1.40. The smallest absolute Gasteiger partial charge is 0.329 e. The maximum atomic E-state index is 11.3. The second kappa shape index (κ2) is 5.25. The van der Waals surface area contributed by atoms with E-state index in [1.54, 1.807) is 13.8 Å². The van der Waals surface area contributed by atoms with Crippen LogP contribution in [0, 0.1) is 11.3 Å². The second-order valence-electron chi connectivity index (χ2n) is 3.60. The second-order valence-corrected chi connectivity index (χ2v) is 3.60. The van der Waals surface area contributed by atoms with Crippen LogP contribution in [-0.2, 0) is 4.79 Å². The summed E-state index contributed by atoms with van der Waals surface area (Å²) in [6.07, 6.45) is 2.23. The average Bonchev–Trinajstić information content (AvgIpc) is 2.36. The van der Waals surface area contributed by atoms with E-state index in [0.717, 1.165) is 0 Å². The zero-order valence-electron chi connectivity index (χ0n) is 9.77. The molecule has 0 aliphatic heterocycles. The Morgan fingerprint density at radius 1 is 1.59 bits per heavy atom. The van der Waals surface area contributed by atoms with Gasteiger partial charge in [0.05, 0.1) is 0 Å². The highest BCUT2D eigenvalue weighted by atomic mass is 16.4. The molecular formula is C11H14N4O2. The normalized spacial score (nSPS) is 10.6. The van der Waals surface area contributed by atoms with Crippen molar-refractivity contribution >= 4 is 11.9 Å². The number of hydrogen-bond donors (Lipinski definition) is 2. The quantitative estimate of drug-likeness (QED) is 0.799. The Bertz CT molecular complexity index is 449. The third-order valence-corrected chi connectivity index (χ3v) is 2.74. The summed E-state index contributed by atoms with van der Waals surface area (Å²) in [6.45, 7) is 3.55. The predicted molar refractivity (Wildman–Crippen MR) is 61.3 cm³/mol. The maximum Gasteiger partial charge on any atom is 0.329 e. The molecule has 0 saturated heterocycles. The summed E-state index contributed by atoms with van der Waals surface area (Å²) in [6, 6.07) is 3.34. The molecule has 1 rings (SSSR count). The van der Waals surface area contributed by atoms with Crippen molar-refractivity contribution < 1.29 is 9.90 Å². The summed E-state index contributed by atoms with van der Waals surface area (Å²) in [5, 5.41) is 20.7. The van der Waals surface area contributed by atoms with E-state index in [1.165, 1.54) is 12.3 Å². The van der Waals surface area contributed by atoms with Gasteiger partial charge in [0, 0.05) is 6.20 Å². The zero-order chi connectivity index (χ0) is 12.9. The number of carboxylic acids is 1. The van der Waals surface area contributed by atoms with Crippen LogP contribution in [0.25, 0.3) is 0 Å². The number of aromatic nitrogens is 2. The molecule has 0 unspecified atom stereocenters. The van der Waals surface area contributed by atoms with E-state index in [2.05, 4.69) is 15.3 Å². The van der Waals surface area contributed by atoms with Crippen molar-refractivity contribution in [2.24, 2.45) is 0 Å². The van der Waals surface area contributed by atoms with Crippen LogP contribution >= 0.6 is 0 Å². The largest absolute Gasteiger partial charge is 0.480 e. The minimum absolute atomic E-state index is 0.162. The summed E-state index contributed by atoms with van der Waals surface area (Å²) in [5.41, 5.74) is -0.886. The Kier molecular flexibility index (Phi) is 3.99. The molecule has 0 aromatic carbocycles. The van der Waals surface area contributed by atoms with E-state index in [4.69, 9.17) is 5.26 Å². The SMILES string of the molecule is CCC(CC)(Nc1nccc(C#N)n1)C(=O)O. The van der Waals surface area contributed by atoms with Crippen LogP contribution in [-0.4, -0.2) is 26.6 Å². The standard InChI is InChI=1S/C11H14N4O2/c1-3-11(4-2,9(16)17)15-10-13-6-5-8(7-12)14-10/h5-6H,3-4H2,1-2H3,(H,16,17)(H,13,14,15). The van der Waals surface area contributed by atoms with Gasteiger partial charge in [-0.1, -0.05) is 13.8 Å². The number of rotatable bonds is 5. The number of carbonyl (C=O) groups is 1. The lowest BCUT2D eigenvalue weighted by molar-refractivity contribution is -0.142. The van der Waals surface area contributed by atoms with Crippen molar-refractivity contribution in [1.82, 2.24) is 9.97 Å². The molecule has 6 heteroatoms. The molecule has 2 N–H and O–H groups in total. The highest BCUT2D eigenvalue weighted by molar-refractivity contribution is 5.81. The summed E-state index contributed by atoms with van der Waals surface area (Å²) in [7, 11) is 0. The molecule has 0 aliphatic rings. The fourth-order valence-electron chi connectivity index (χ4n) is 1.48. The molecule has 1 heterocycles. The fraction of sp³-hybridized carbons (Fsp3) is 0.455. The van der Waals surface area contributed by atoms with Crippen LogP contribution in [0.1, 0.15) is 32.4 Å². The van der Waals surface area contributed by atoms with Crippen LogP contribution in [0.2, 0.25) is 0 Å². The number of aliphatic carboxylic acids is 1. The minimum atomic E-state index is -1.09. The Morgan fingerprint density at radius 3 is 2.71 bits per heavy atom. The Morgan fingerprint density at radius 2 is 2.24 bits per heavy atom. The van der Waals surface area contributed by atoms with E-state index in [-0.39, 0.29) is 11.6 Å². The van der Waals surface area contributed by atoms with Gasteiger partial charge in [0.25, 0.3) is 0 Å². The van der Waals surface area contributed by atoms with Crippen molar-refractivity contribution in [3.63, 3.8) is 0 Å². The van der Waals surface area contributed by atoms with Crippen molar-refractivity contribution in [3.8, 4) is 6.07 Å². The lowest BCUT2D eigenvalue weighted by Crippen LogP contribution is -2.45. The van der Waals surface area contributed by atoms with Gasteiger partial charge in [0.1, 0.15) is 17.3 Å². The van der Waals surface area contributed by atoms with Gasteiger partial charge >= 0.3 is 5.97 Å². The van der Waals surface area contributed by atoms with Crippen molar-refractivity contribution in [2.75, 3.05) is 5.32 Å². The minimum Gasteiger partial charge on any atom is -0.480 e. The fourth-order valence-corrected chi connectivity index (χ4v) is 1.48. The monoisotopic (exact) mass is 234 g/mol. The number of carboxylic acid groups (broad SMARTS) is 1.